The lowest BCUT2D eigenvalue weighted by Crippen LogP contribution is -2.36. The van der Waals surface area contributed by atoms with Crippen molar-refractivity contribution in [2.45, 2.75) is 6.42 Å². The molecule has 4 rings (SSSR count). The Labute approximate surface area is 218 Å². The van der Waals surface area contributed by atoms with Gasteiger partial charge in [0.1, 0.15) is 5.82 Å². The van der Waals surface area contributed by atoms with E-state index in [-0.39, 0.29) is 11.8 Å². The van der Waals surface area contributed by atoms with E-state index in [2.05, 4.69) is 28.0 Å². The number of benzene rings is 2. The van der Waals surface area contributed by atoms with Gasteiger partial charge >= 0.3 is 18.0 Å². The maximum atomic E-state index is 13.3. The molecule has 2 aromatic carbocycles. The molecule has 0 bridgehead atoms. The van der Waals surface area contributed by atoms with Crippen LogP contribution in [0.3, 0.4) is 0 Å². The lowest BCUT2D eigenvalue weighted by atomic mass is 10.1. The van der Waals surface area contributed by atoms with E-state index < -0.39 is 11.9 Å². The number of carbonyl (C=O) groups is 3. The second kappa shape index (κ2) is 12.9. The number of urea groups is 1. The number of aromatic nitrogens is 1. The number of hydrogen-bond donors (Lipinski definition) is 3. The lowest BCUT2D eigenvalue weighted by molar-refractivity contribution is -0.134. The summed E-state index contributed by atoms with van der Waals surface area (Å²) in [6.07, 6.45) is 4.08. The maximum Gasteiger partial charge on any atom is 0.328 e. The minimum atomic E-state index is -1.26. The molecular weight excluding hydrogens is 503 g/mol. The predicted molar refractivity (Wildman–Crippen MR) is 139 cm³/mol. The quantitative estimate of drug-likeness (QED) is 0.364. The molecule has 0 atom stereocenters. The van der Waals surface area contributed by atoms with Gasteiger partial charge in [-0.3, -0.25) is 0 Å². The minimum Gasteiger partial charge on any atom is -0.478 e. The molecule has 196 valence electrons. The molecule has 2 heterocycles. The van der Waals surface area contributed by atoms with E-state index in [1.54, 1.807) is 12.1 Å². The minimum absolute atomic E-state index is 0.0235. The van der Waals surface area contributed by atoms with Gasteiger partial charge in [-0.15, -0.1) is 0 Å². The topological polar surface area (TPSA) is 115 Å². The van der Waals surface area contributed by atoms with Gasteiger partial charge in [0.25, 0.3) is 0 Å². The first-order chi connectivity index (χ1) is 17.6. The van der Waals surface area contributed by atoms with Crippen LogP contribution in [-0.4, -0.2) is 82.3 Å². The summed E-state index contributed by atoms with van der Waals surface area (Å²) >= 11 is 6.25. The Balaban J connectivity index is 0.000000414. The van der Waals surface area contributed by atoms with Gasteiger partial charge in [0, 0.05) is 67.2 Å². The summed E-state index contributed by atoms with van der Waals surface area (Å²) in [5, 5.41) is 20.3. The van der Waals surface area contributed by atoms with E-state index in [0.717, 1.165) is 55.7 Å². The third-order valence-corrected chi connectivity index (χ3v) is 6.02. The lowest BCUT2D eigenvalue weighted by Gasteiger charge is -2.20. The Bertz CT molecular complexity index is 1280. The highest BCUT2D eigenvalue weighted by Gasteiger charge is 2.19. The molecule has 1 saturated heterocycles. The fourth-order valence-corrected chi connectivity index (χ4v) is 4.04. The van der Waals surface area contributed by atoms with Gasteiger partial charge in [0.2, 0.25) is 0 Å². The van der Waals surface area contributed by atoms with Gasteiger partial charge < -0.3 is 29.9 Å². The fraction of sp³-hybridized carbons (Fsp3) is 0.269. The number of fused-ring (bicyclic) bond motifs is 1. The van der Waals surface area contributed by atoms with Crippen LogP contribution < -0.4 is 5.32 Å². The zero-order valence-corrected chi connectivity index (χ0v) is 21.0. The smallest absolute Gasteiger partial charge is 0.328 e. The van der Waals surface area contributed by atoms with E-state index in [1.165, 1.54) is 17.7 Å². The van der Waals surface area contributed by atoms with Crippen LogP contribution in [-0.2, 0) is 16.0 Å². The summed E-state index contributed by atoms with van der Waals surface area (Å²) in [4.78, 5) is 34.8. The molecule has 1 aliphatic rings. The zero-order chi connectivity index (χ0) is 26.9. The number of likely N-dealkylation sites (N-methyl/N-ethyl adjacent to an activating group) is 1. The summed E-state index contributed by atoms with van der Waals surface area (Å²) in [7, 11) is 2.07. The van der Waals surface area contributed by atoms with Crippen LogP contribution in [0.5, 0.6) is 0 Å². The highest BCUT2D eigenvalue weighted by Crippen LogP contribution is 2.28. The van der Waals surface area contributed by atoms with Crippen molar-refractivity contribution in [1.29, 1.82) is 0 Å². The number of nitrogens with zero attached hydrogens (tertiary/aromatic N) is 3. The monoisotopic (exact) mass is 530 g/mol. The van der Waals surface area contributed by atoms with Crippen molar-refractivity contribution >= 4 is 40.5 Å². The van der Waals surface area contributed by atoms with Gasteiger partial charge in [0.05, 0.1) is 5.52 Å². The molecule has 37 heavy (non-hydrogen) atoms. The molecule has 11 heteroatoms. The first kappa shape index (κ1) is 27.7. The van der Waals surface area contributed by atoms with Crippen LogP contribution >= 0.6 is 11.6 Å². The van der Waals surface area contributed by atoms with Crippen molar-refractivity contribution < 1.29 is 29.0 Å². The van der Waals surface area contributed by atoms with Gasteiger partial charge in [-0.25, -0.2) is 18.8 Å². The molecule has 0 spiro atoms. The van der Waals surface area contributed by atoms with Crippen LogP contribution in [0, 0.1) is 5.82 Å². The van der Waals surface area contributed by atoms with E-state index in [1.807, 2.05) is 23.1 Å². The van der Waals surface area contributed by atoms with E-state index in [0.29, 0.717) is 17.2 Å². The van der Waals surface area contributed by atoms with Crippen molar-refractivity contribution in [1.82, 2.24) is 19.7 Å². The number of amides is 2. The van der Waals surface area contributed by atoms with Gasteiger partial charge in [-0.1, -0.05) is 11.6 Å². The molecule has 1 aromatic heterocycles. The molecular formula is C26H28ClFN4O5. The van der Waals surface area contributed by atoms with Crippen LogP contribution in [0.1, 0.15) is 5.56 Å². The number of halogens is 2. The molecule has 3 N–H and O–H groups in total. The van der Waals surface area contributed by atoms with Crippen LogP contribution in [0.25, 0.3) is 16.6 Å². The predicted octanol–water partition coefficient (Wildman–Crippen LogP) is 3.63. The molecule has 0 saturated carbocycles. The van der Waals surface area contributed by atoms with Crippen molar-refractivity contribution in [3.8, 4) is 5.69 Å². The molecule has 3 aromatic rings. The largest absolute Gasteiger partial charge is 0.478 e. The van der Waals surface area contributed by atoms with Crippen molar-refractivity contribution in [3.05, 3.63) is 77.2 Å². The SMILES string of the molecule is CN(CCc1cn(-c2ccc(F)cc2)c2ccc(Cl)cc12)CCN1CCNC1=O.O=C(O)C=CC(=O)O. The van der Waals surface area contributed by atoms with E-state index in [9.17, 15) is 18.8 Å². The number of carboxylic acid groups (broad SMARTS) is 2. The molecule has 2 amide bonds. The number of hydrogen-bond acceptors (Lipinski definition) is 4. The van der Waals surface area contributed by atoms with Gasteiger partial charge in [0.15, 0.2) is 0 Å². The maximum absolute atomic E-state index is 13.3. The molecule has 0 aliphatic carbocycles. The Morgan fingerprint density at radius 1 is 1.11 bits per heavy atom. The first-order valence-electron chi connectivity index (χ1n) is 11.5. The Hall–Kier alpha value is -3.89. The molecule has 1 fully saturated rings. The number of rotatable bonds is 9. The van der Waals surface area contributed by atoms with Crippen LogP contribution in [0.15, 0.2) is 60.8 Å². The van der Waals surface area contributed by atoms with Crippen molar-refractivity contribution in [3.63, 3.8) is 0 Å². The summed E-state index contributed by atoms with van der Waals surface area (Å²) in [6, 6.07) is 12.4. The second-order valence-electron chi connectivity index (χ2n) is 8.44. The average Bonchev–Trinajstić information content (AvgIpc) is 3.43. The standard InChI is InChI=1S/C22H24ClFN4O.C4H4O4/c1-26(12-13-27-11-9-25-22(27)29)10-8-16-15-28(19-5-3-18(24)4-6-19)21-7-2-17(23)14-20(16)21;5-3(6)1-2-4(7)8/h2-7,14-15H,8-13H2,1H3,(H,25,29);1-2H,(H,5,6)(H,7,8). The number of aliphatic carboxylic acids is 2. The Kier molecular flexibility index (Phi) is 9.64. The zero-order valence-electron chi connectivity index (χ0n) is 20.2. The summed E-state index contributed by atoms with van der Waals surface area (Å²) in [5.41, 5.74) is 3.16. The molecule has 9 nitrogen and oxygen atoms in total. The van der Waals surface area contributed by atoms with Crippen molar-refractivity contribution in [2.24, 2.45) is 0 Å². The average molecular weight is 531 g/mol. The molecule has 0 unspecified atom stereocenters. The normalized spacial score (nSPS) is 13.2. The van der Waals surface area contributed by atoms with Crippen molar-refractivity contribution in [2.75, 3.05) is 39.8 Å². The first-order valence-corrected chi connectivity index (χ1v) is 11.9. The van der Waals surface area contributed by atoms with Crippen LogP contribution in [0.2, 0.25) is 5.02 Å². The third-order valence-electron chi connectivity index (χ3n) is 5.78. The molecule has 0 radical (unpaired) electrons. The van der Waals surface area contributed by atoms with E-state index >= 15 is 0 Å². The fourth-order valence-electron chi connectivity index (χ4n) is 3.87. The van der Waals surface area contributed by atoms with E-state index in [4.69, 9.17) is 21.8 Å². The number of carbonyl (C=O) groups excluding carboxylic acids is 1. The highest BCUT2D eigenvalue weighted by molar-refractivity contribution is 6.31. The summed E-state index contributed by atoms with van der Waals surface area (Å²) in [5.74, 6) is -2.76. The summed E-state index contributed by atoms with van der Waals surface area (Å²) in [6.45, 7) is 3.92. The Morgan fingerprint density at radius 2 is 1.78 bits per heavy atom. The third kappa shape index (κ3) is 8.06. The number of nitrogens with one attached hydrogen (secondary N) is 1. The Morgan fingerprint density at radius 3 is 2.38 bits per heavy atom. The highest BCUT2D eigenvalue weighted by atomic mass is 35.5. The van der Waals surface area contributed by atoms with Crippen LogP contribution in [0.4, 0.5) is 9.18 Å². The second-order valence-corrected chi connectivity index (χ2v) is 8.88. The molecule has 1 aliphatic heterocycles. The van der Waals surface area contributed by atoms with Gasteiger partial charge in [-0.05, 0) is 61.5 Å². The van der Waals surface area contributed by atoms with Gasteiger partial charge in [-0.2, -0.15) is 0 Å². The number of carboxylic acids is 2. The summed E-state index contributed by atoms with van der Waals surface area (Å²) < 4.78 is 15.4.